The number of nitrogens with zero attached hydrogens (tertiary/aromatic N) is 1. The fourth-order valence-corrected chi connectivity index (χ4v) is 7.70. The normalized spacial score (nSPS) is 25.6. The van der Waals surface area contributed by atoms with E-state index in [1.54, 1.807) is 18.3 Å². The van der Waals surface area contributed by atoms with Crippen LogP contribution in [0, 0.1) is 29.6 Å². The highest BCUT2D eigenvalue weighted by atomic mass is 16.5. The molecule has 1 aliphatic heterocycles. The molecule has 0 spiro atoms. The average Bonchev–Trinajstić information content (AvgIpc) is 3.12. The first-order valence-electron chi connectivity index (χ1n) is 17.4. The number of hydrogen-bond donors (Lipinski definition) is 5. The third-order valence-corrected chi connectivity index (χ3v) is 10.5. The van der Waals surface area contributed by atoms with Crippen LogP contribution in [0.4, 0.5) is 5.82 Å². The summed E-state index contributed by atoms with van der Waals surface area (Å²) in [4.78, 5) is 29.3. The summed E-state index contributed by atoms with van der Waals surface area (Å²) < 4.78 is 5.36. The number of anilines is 1. The van der Waals surface area contributed by atoms with Crippen LogP contribution in [0.15, 0.2) is 30.5 Å². The zero-order valence-corrected chi connectivity index (χ0v) is 27.6. The molecule has 254 valence electrons. The van der Waals surface area contributed by atoms with E-state index in [1.807, 2.05) is 12.1 Å². The molecule has 2 fully saturated rings. The second-order valence-corrected chi connectivity index (χ2v) is 13.9. The van der Waals surface area contributed by atoms with Gasteiger partial charge in [0, 0.05) is 37.4 Å². The van der Waals surface area contributed by atoms with Crippen molar-refractivity contribution >= 4 is 17.4 Å². The van der Waals surface area contributed by atoms with E-state index in [-0.39, 0.29) is 23.9 Å². The summed E-state index contributed by atoms with van der Waals surface area (Å²) >= 11 is 0. The van der Waals surface area contributed by atoms with Crippen LogP contribution in [-0.2, 0) is 22.4 Å². The monoisotopic (exact) mass is 645 g/mol. The first kappa shape index (κ1) is 34.9. The van der Waals surface area contributed by atoms with Crippen molar-refractivity contribution in [2.24, 2.45) is 17.8 Å². The number of nitrogen functional groups attached to an aromatic ring is 1. The lowest BCUT2D eigenvalue weighted by Crippen LogP contribution is -2.48. The number of phenols is 1. The number of ether oxygens (including phenoxy) is 1. The van der Waals surface area contributed by atoms with E-state index in [0.717, 1.165) is 55.3 Å². The number of nitrogens with one attached hydrogen (secondary N) is 1. The maximum Gasteiger partial charge on any atom is 0.160 e. The maximum atomic E-state index is 13.4. The van der Waals surface area contributed by atoms with E-state index >= 15 is 0 Å². The number of benzene rings is 1. The molecule has 3 aliphatic rings. The number of aliphatic hydroxyl groups is 2. The number of Topliss-reactive ketones (excluding diaryl/α,β-unsaturated/α-hetero) is 2. The third kappa shape index (κ3) is 9.56. The molecule has 9 nitrogen and oxygen atoms in total. The van der Waals surface area contributed by atoms with Gasteiger partial charge in [-0.05, 0) is 117 Å². The van der Waals surface area contributed by atoms with Crippen molar-refractivity contribution in [1.29, 1.82) is 0 Å². The molecule has 2 aliphatic carbocycles. The Labute approximate surface area is 278 Å². The number of rotatable bonds is 13. The van der Waals surface area contributed by atoms with Gasteiger partial charge in [-0.2, -0.15) is 0 Å². The Morgan fingerprint density at radius 2 is 1.91 bits per heavy atom. The van der Waals surface area contributed by atoms with Crippen molar-refractivity contribution in [3.05, 3.63) is 47.2 Å². The maximum absolute atomic E-state index is 13.4. The van der Waals surface area contributed by atoms with Gasteiger partial charge in [0.25, 0.3) is 0 Å². The van der Waals surface area contributed by atoms with Crippen LogP contribution in [-0.4, -0.2) is 63.8 Å². The summed E-state index contributed by atoms with van der Waals surface area (Å²) in [5.74, 6) is 7.64. The van der Waals surface area contributed by atoms with Crippen LogP contribution >= 0.6 is 0 Å². The highest BCUT2D eigenvalue weighted by Gasteiger charge is 2.34. The van der Waals surface area contributed by atoms with E-state index in [0.29, 0.717) is 86.6 Å². The van der Waals surface area contributed by atoms with Crippen molar-refractivity contribution in [3.63, 3.8) is 0 Å². The van der Waals surface area contributed by atoms with Gasteiger partial charge in [-0.1, -0.05) is 24.7 Å². The minimum Gasteiger partial charge on any atom is -0.504 e. The molecule has 1 saturated heterocycles. The van der Waals surface area contributed by atoms with Crippen molar-refractivity contribution in [2.75, 3.05) is 19.4 Å². The molecule has 47 heavy (non-hydrogen) atoms. The van der Waals surface area contributed by atoms with Crippen LogP contribution in [0.1, 0.15) is 99.7 Å². The predicted octanol–water partition coefficient (Wildman–Crippen LogP) is 4.64. The Morgan fingerprint density at radius 1 is 1.06 bits per heavy atom. The average molecular weight is 646 g/mol. The summed E-state index contributed by atoms with van der Waals surface area (Å²) in [7, 11) is 1.50. The predicted molar refractivity (Wildman–Crippen MR) is 181 cm³/mol. The van der Waals surface area contributed by atoms with Crippen LogP contribution in [0.3, 0.4) is 0 Å². The number of phenolic OH excluding ortho intramolecular Hbond substituents is 1. The molecule has 2 aromatic rings. The quantitative estimate of drug-likeness (QED) is 0.155. The SMILES string of the molecule is COc1cc2c(cc1O)C(CCC(O)CCc1ccnc(N)c1)C#CC(C(O)CCCCC1CNC3CC(=O)CCC3C1)C(=O)CC2. The third-order valence-electron chi connectivity index (χ3n) is 10.5. The standard InChI is InChI=1S/C38H51N3O6/c1-47-37-20-27-10-15-35(45)31(34(44)5-3-2-4-25-18-28-8-13-30(43)21-33(28)41-23-25)14-9-26(32(27)22-36(37)46)7-12-29(42)11-6-24-16-17-40-38(39)19-24/h16-17,19-20,22,25-26,28-29,31,33-34,41-42,44,46H,2-8,10-13,15,18,21,23H2,1H3,(H2,39,40). The number of pyridine rings is 1. The van der Waals surface area contributed by atoms with Gasteiger partial charge in [0.15, 0.2) is 17.3 Å². The van der Waals surface area contributed by atoms with Crippen molar-refractivity contribution < 1.29 is 29.6 Å². The number of nitrogens with two attached hydrogens (primary N) is 1. The number of carbonyl (C=O) groups is 2. The van der Waals surface area contributed by atoms with Gasteiger partial charge >= 0.3 is 0 Å². The number of hydrogen-bond acceptors (Lipinski definition) is 9. The number of aromatic nitrogens is 1. The van der Waals surface area contributed by atoms with E-state index in [9.17, 15) is 24.9 Å². The molecule has 2 heterocycles. The highest BCUT2D eigenvalue weighted by molar-refractivity contribution is 5.85. The van der Waals surface area contributed by atoms with Gasteiger partial charge < -0.3 is 31.1 Å². The Bertz CT molecular complexity index is 1450. The summed E-state index contributed by atoms with van der Waals surface area (Å²) in [5.41, 5.74) is 8.53. The van der Waals surface area contributed by atoms with Crippen LogP contribution < -0.4 is 15.8 Å². The number of piperidine rings is 1. The van der Waals surface area contributed by atoms with Gasteiger partial charge in [0.2, 0.25) is 0 Å². The molecule has 9 heteroatoms. The molecular weight excluding hydrogens is 594 g/mol. The van der Waals surface area contributed by atoms with Gasteiger partial charge in [-0.15, -0.1) is 0 Å². The van der Waals surface area contributed by atoms with Crippen molar-refractivity contribution in [1.82, 2.24) is 10.3 Å². The first-order valence-corrected chi connectivity index (χ1v) is 17.4. The number of aromatic hydroxyl groups is 1. The second kappa shape index (κ2) is 16.6. The summed E-state index contributed by atoms with van der Waals surface area (Å²) in [6.07, 6.45) is 10.1. The number of aryl methyl sites for hydroxylation is 2. The molecule has 7 atom stereocenters. The second-order valence-electron chi connectivity index (χ2n) is 13.9. The Morgan fingerprint density at radius 3 is 2.72 bits per heavy atom. The highest BCUT2D eigenvalue weighted by Crippen LogP contribution is 2.37. The van der Waals surface area contributed by atoms with Gasteiger partial charge in [0.1, 0.15) is 17.5 Å². The van der Waals surface area contributed by atoms with Crippen molar-refractivity contribution in [2.45, 2.75) is 114 Å². The van der Waals surface area contributed by atoms with E-state index < -0.39 is 18.1 Å². The van der Waals surface area contributed by atoms with Crippen LogP contribution in [0.2, 0.25) is 0 Å². The zero-order chi connectivity index (χ0) is 33.3. The molecule has 5 rings (SSSR count). The fourth-order valence-electron chi connectivity index (χ4n) is 7.70. The molecule has 7 unspecified atom stereocenters. The molecule has 0 radical (unpaired) electrons. The summed E-state index contributed by atoms with van der Waals surface area (Å²) in [5, 5.41) is 36.3. The molecule has 6 N–H and O–H groups in total. The largest absolute Gasteiger partial charge is 0.504 e. The van der Waals surface area contributed by atoms with E-state index in [4.69, 9.17) is 10.5 Å². The van der Waals surface area contributed by atoms with Crippen LogP contribution in [0.25, 0.3) is 0 Å². The fraction of sp³-hybridized carbons (Fsp3) is 0.605. The number of aliphatic hydroxyl groups excluding tert-OH is 2. The Hall–Kier alpha value is -3.45. The lowest BCUT2D eigenvalue weighted by atomic mass is 9.74. The molecule has 1 aromatic heterocycles. The molecule has 0 amide bonds. The molecular formula is C38H51N3O6. The lowest BCUT2D eigenvalue weighted by molar-refractivity contribution is -0.124. The van der Waals surface area contributed by atoms with Gasteiger partial charge in [-0.3, -0.25) is 9.59 Å². The van der Waals surface area contributed by atoms with E-state index in [1.165, 1.54) is 7.11 Å². The van der Waals surface area contributed by atoms with Gasteiger partial charge in [0.05, 0.1) is 19.3 Å². The molecule has 1 aromatic carbocycles. The summed E-state index contributed by atoms with van der Waals surface area (Å²) in [6.45, 7) is 0.943. The van der Waals surface area contributed by atoms with Gasteiger partial charge in [-0.25, -0.2) is 4.98 Å². The number of unbranched alkanes of at least 4 members (excludes halogenated alkanes) is 1. The molecule has 1 saturated carbocycles. The zero-order valence-electron chi connectivity index (χ0n) is 27.6. The topological polar surface area (TPSA) is 155 Å². The Kier molecular flexibility index (Phi) is 12.3. The molecule has 0 bridgehead atoms. The number of ketones is 2. The van der Waals surface area contributed by atoms with Crippen LogP contribution in [0.5, 0.6) is 11.5 Å². The Balaban J connectivity index is 1.20. The lowest BCUT2D eigenvalue weighted by Gasteiger charge is -2.39. The van der Waals surface area contributed by atoms with E-state index in [2.05, 4.69) is 22.1 Å². The smallest absolute Gasteiger partial charge is 0.160 e. The minimum absolute atomic E-state index is 0.0108. The number of fused-ring (bicyclic) bond motifs is 2. The summed E-state index contributed by atoms with van der Waals surface area (Å²) in [6, 6.07) is 7.51. The first-order chi connectivity index (χ1) is 22.7. The minimum atomic E-state index is -0.851. The number of methoxy groups -OCH3 is 1. The number of carbonyl (C=O) groups excluding carboxylic acids is 2. The van der Waals surface area contributed by atoms with Crippen molar-refractivity contribution in [3.8, 4) is 23.3 Å².